The minimum Gasteiger partial charge on any atom is -0.322 e. The van der Waals surface area contributed by atoms with E-state index in [0.29, 0.717) is 11.5 Å². The van der Waals surface area contributed by atoms with Crippen molar-refractivity contribution >= 4 is 11.6 Å². The first-order valence-electron chi connectivity index (χ1n) is 10.1. The van der Waals surface area contributed by atoms with Crippen LogP contribution in [0.2, 0.25) is 0 Å². The Bertz CT molecular complexity index is 988. The van der Waals surface area contributed by atoms with Crippen LogP contribution >= 0.6 is 0 Å². The van der Waals surface area contributed by atoms with Gasteiger partial charge in [0.1, 0.15) is 0 Å². The lowest BCUT2D eigenvalue weighted by atomic mass is 9.80. The van der Waals surface area contributed by atoms with Crippen molar-refractivity contribution in [2.24, 2.45) is 5.92 Å². The number of carbonyl (C=O) groups is 1. The van der Waals surface area contributed by atoms with Crippen molar-refractivity contribution in [1.82, 2.24) is 0 Å². The first-order valence-corrected chi connectivity index (χ1v) is 10.1. The molecule has 2 heteroatoms. The smallest absolute Gasteiger partial charge is 0.255 e. The van der Waals surface area contributed by atoms with E-state index in [2.05, 4.69) is 42.6 Å². The molecule has 3 aromatic rings. The van der Waals surface area contributed by atoms with Crippen molar-refractivity contribution < 1.29 is 4.79 Å². The Morgan fingerprint density at radius 3 is 2.54 bits per heavy atom. The van der Waals surface area contributed by atoms with Crippen LogP contribution in [0.1, 0.15) is 44.6 Å². The molecule has 4 rings (SSSR count). The summed E-state index contributed by atoms with van der Waals surface area (Å²) in [6.45, 7) is 4.17. The Morgan fingerprint density at radius 2 is 1.75 bits per heavy atom. The van der Waals surface area contributed by atoms with E-state index in [-0.39, 0.29) is 5.91 Å². The summed E-state index contributed by atoms with van der Waals surface area (Å²) in [6, 6.07) is 22.8. The molecule has 0 aromatic heterocycles. The van der Waals surface area contributed by atoms with Crippen molar-refractivity contribution in [3.63, 3.8) is 0 Å². The number of para-hydroxylation sites is 1. The molecule has 0 heterocycles. The van der Waals surface area contributed by atoms with Gasteiger partial charge in [-0.3, -0.25) is 4.79 Å². The van der Waals surface area contributed by atoms with Crippen LogP contribution in [0.5, 0.6) is 0 Å². The van der Waals surface area contributed by atoms with E-state index < -0.39 is 0 Å². The van der Waals surface area contributed by atoms with Crippen LogP contribution in [-0.2, 0) is 19.3 Å². The predicted octanol–water partition coefficient (Wildman–Crippen LogP) is 5.90. The predicted molar refractivity (Wildman–Crippen MR) is 116 cm³/mol. The van der Waals surface area contributed by atoms with Gasteiger partial charge in [-0.25, -0.2) is 0 Å². The number of amides is 1. The molecular formula is C26H27NO. The maximum atomic E-state index is 12.5. The fourth-order valence-corrected chi connectivity index (χ4v) is 4.17. The summed E-state index contributed by atoms with van der Waals surface area (Å²) in [4.78, 5) is 12.5. The lowest BCUT2D eigenvalue weighted by molar-refractivity contribution is 0.102. The highest BCUT2D eigenvalue weighted by molar-refractivity contribution is 6.04. The number of anilines is 1. The van der Waals surface area contributed by atoms with Gasteiger partial charge in [0, 0.05) is 11.3 Å². The van der Waals surface area contributed by atoms with Gasteiger partial charge in [-0.2, -0.15) is 0 Å². The highest BCUT2D eigenvalue weighted by Gasteiger charge is 2.19. The quantitative estimate of drug-likeness (QED) is 0.609. The molecule has 0 spiro atoms. The molecule has 1 unspecified atom stereocenters. The molecule has 1 atom stereocenters. The number of aryl methyl sites for hydroxylation is 3. The monoisotopic (exact) mass is 369 g/mol. The standard InChI is InChI=1S/C26H27NO/c1-18-7-11-24-17-21(10-14-23(24)15-18)16-20-8-12-22(13-9-20)26(28)27-25-6-4-3-5-19(25)2/h3-9,11-13,15,21H,10,14,16-17H2,1-2H3,(H,27,28). The minimum absolute atomic E-state index is 0.0530. The van der Waals surface area contributed by atoms with Gasteiger partial charge in [-0.15, -0.1) is 0 Å². The van der Waals surface area contributed by atoms with Crippen LogP contribution in [0.4, 0.5) is 5.69 Å². The van der Waals surface area contributed by atoms with Gasteiger partial charge in [0.2, 0.25) is 0 Å². The number of fused-ring (bicyclic) bond motifs is 1. The third-order valence-electron chi connectivity index (χ3n) is 5.83. The molecule has 0 saturated carbocycles. The first-order chi connectivity index (χ1) is 13.6. The third kappa shape index (κ3) is 4.17. The molecule has 0 radical (unpaired) electrons. The average molecular weight is 370 g/mol. The summed E-state index contributed by atoms with van der Waals surface area (Å²) in [5.74, 6) is 0.629. The van der Waals surface area contributed by atoms with E-state index in [9.17, 15) is 4.79 Å². The molecule has 0 fully saturated rings. The van der Waals surface area contributed by atoms with Crippen LogP contribution < -0.4 is 5.32 Å². The topological polar surface area (TPSA) is 29.1 Å². The number of benzene rings is 3. The van der Waals surface area contributed by atoms with Crippen LogP contribution in [0.15, 0.2) is 66.7 Å². The fraction of sp³-hybridized carbons (Fsp3) is 0.269. The zero-order chi connectivity index (χ0) is 19.5. The van der Waals surface area contributed by atoms with E-state index >= 15 is 0 Å². The fourth-order valence-electron chi connectivity index (χ4n) is 4.17. The summed E-state index contributed by atoms with van der Waals surface area (Å²) in [6.07, 6.45) is 4.66. The highest BCUT2D eigenvalue weighted by atomic mass is 16.1. The van der Waals surface area contributed by atoms with Crippen molar-refractivity contribution in [3.05, 3.63) is 100 Å². The Morgan fingerprint density at radius 1 is 0.964 bits per heavy atom. The lowest BCUT2D eigenvalue weighted by Crippen LogP contribution is -2.17. The van der Waals surface area contributed by atoms with Crippen molar-refractivity contribution in [2.75, 3.05) is 5.32 Å². The Kier molecular flexibility index (Phi) is 5.29. The molecule has 1 N–H and O–H groups in total. The maximum absolute atomic E-state index is 12.5. The molecule has 2 nitrogen and oxygen atoms in total. The third-order valence-corrected chi connectivity index (χ3v) is 5.83. The minimum atomic E-state index is -0.0530. The Balaban J connectivity index is 1.39. The second kappa shape index (κ2) is 8.02. The summed E-state index contributed by atoms with van der Waals surface area (Å²) in [7, 11) is 0. The first kappa shape index (κ1) is 18.5. The van der Waals surface area contributed by atoms with Gasteiger partial charge < -0.3 is 5.32 Å². The van der Waals surface area contributed by atoms with Gasteiger partial charge in [-0.1, -0.05) is 54.1 Å². The Labute approximate surface area is 167 Å². The summed E-state index contributed by atoms with van der Waals surface area (Å²) < 4.78 is 0. The van der Waals surface area contributed by atoms with Crippen LogP contribution in [0, 0.1) is 19.8 Å². The second-order valence-electron chi connectivity index (χ2n) is 8.05. The van der Waals surface area contributed by atoms with Gasteiger partial charge in [0.25, 0.3) is 5.91 Å². The zero-order valence-electron chi connectivity index (χ0n) is 16.7. The number of hydrogen-bond acceptors (Lipinski definition) is 1. The largest absolute Gasteiger partial charge is 0.322 e. The maximum Gasteiger partial charge on any atom is 0.255 e. The normalized spacial score (nSPS) is 15.7. The molecule has 1 aliphatic carbocycles. The van der Waals surface area contributed by atoms with Crippen molar-refractivity contribution in [1.29, 1.82) is 0 Å². The van der Waals surface area contributed by atoms with Gasteiger partial charge >= 0.3 is 0 Å². The van der Waals surface area contributed by atoms with E-state index in [1.54, 1.807) is 0 Å². The van der Waals surface area contributed by atoms with Crippen molar-refractivity contribution in [2.45, 2.75) is 39.5 Å². The number of rotatable bonds is 4. The SMILES string of the molecule is Cc1ccc2c(c1)CCC(Cc1ccc(C(=O)Nc3ccccc3C)cc1)C2. The van der Waals surface area contributed by atoms with Gasteiger partial charge in [0.05, 0.1) is 0 Å². The average Bonchev–Trinajstić information content (AvgIpc) is 2.70. The van der Waals surface area contributed by atoms with E-state index in [1.807, 2.05) is 43.3 Å². The zero-order valence-corrected chi connectivity index (χ0v) is 16.7. The van der Waals surface area contributed by atoms with Crippen LogP contribution in [0.25, 0.3) is 0 Å². The molecule has 3 aromatic carbocycles. The van der Waals surface area contributed by atoms with Crippen molar-refractivity contribution in [3.8, 4) is 0 Å². The summed E-state index contributed by atoms with van der Waals surface area (Å²) in [5, 5.41) is 3.00. The summed E-state index contributed by atoms with van der Waals surface area (Å²) >= 11 is 0. The van der Waals surface area contributed by atoms with Gasteiger partial charge in [0.15, 0.2) is 0 Å². The lowest BCUT2D eigenvalue weighted by Gasteiger charge is -2.25. The molecule has 1 aliphatic rings. The van der Waals surface area contributed by atoms with E-state index in [1.165, 1.54) is 35.1 Å². The van der Waals surface area contributed by atoms with Gasteiger partial charge in [-0.05, 0) is 85.9 Å². The number of hydrogen-bond donors (Lipinski definition) is 1. The molecule has 1 amide bonds. The Hall–Kier alpha value is -2.87. The molecule has 28 heavy (non-hydrogen) atoms. The molecule has 0 saturated heterocycles. The molecular weight excluding hydrogens is 342 g/mol. The molecule has 142 valence electrons. The van der Waals surface area contributed by atoms with E-state index in [4.69, 9.17) is 0 Å². The molecule has 0 aliphatic heterocycles. The van der Waals surface area contributed by atoms with E-state index in [0.717, 1.165) is 24.1 Å². The number of carbonyl (C=O) groups excluding carboxylic acids is 1. The molecule has 0 bridgehead atoms. The second-order valence-corrected chi connectivity index (χ2v) is 8.05. The number of nitrogens with one attached hydrogen (secondary N) is 1. The highest BCUT2D eigenvalue weighted by Crippen LogP contribution is 2.28. The van der Waals surface area contributed by atoms with Crippen LogP contribution in [-0.4, -0.2) is 5.91 Å². The van der Waals surface area contributed by atoms with Crippen LogP contribution in [0.3, 0.4) is 0 Å². The summed E-state index contributed by atoms with van der Waals surface area (Å²) in [5.41, 5.74) is 8.35.